The predicted molar refractivity (Wildman–Crippen MR) is 91.8 cm³/mol. The van der Waals surface area contributed by atoms with Gasteiger partial charge in [0, 0.05) is 22.5 Å². The minimum absolute atomic E-state index is 0.207. The van der Waals surface area contributed by atoms with Gasteiger partial charge in [-0.1, -0.05) is 23.7 Å². The zero-order valence-electron chi connectivity index (χ0n) is 12.7. The van der Waals surface area contributed by atoms with E-state index < -0.39 is 11.4 Å². The van der Waals surface area contributed by atoms with Crippen molar-refractivity contribution < 1.29 is 8.83 Å². The third kappa shape index (κ3) is 2.43. The second-order valence-electron chi connectivity index (χ2n) is 5.66. The van der Waals surface area contributed by atoms with Crippen LogP contribution in [-0.4, -0.2) is 4.57 Å². The van der Waals surface area contributed by atoms with E-state index in [1.165, 1.54) is 10.6 Å². The first kappa shape index (κ1) is 14.8. The first-order valence-electron chi connectivity index (χ1n) is 7.33. The molecule has 0 fully saturated rings. The molecule has 2 aromatic heterocycles. The molecule has 0 saturated carbocycles. The number of halogens is 1. The predicted octanol–water partition coefficient (Wildman–Crippen LogP) is 3.71. The maximum Gasteiger partial charge on any atom is 0.420 e. The highest BCUT2D eigenvalue weighted by atomic mass is 35.5. The van der Waals surface area contributed by atoms with Crippen LogP contribution < -0.4 is 11.4 Å². The van der Waals surface area contributed by atoms with Gasteiger partial charge in [-0.15, -0.1) is 0 Å². The molecule has 0 atom stereocenters. The summed E-state index contributed by atoms with van der Waals surface area (Å²) in [6, 6.07) is 12.0. The van der Waals surface area contributed by atoms with Crippen LogP contribution in [0.2, 0.25) is 5.02 Å². The van der Waals surface area contributed by atoms with E-state index in [9.17, 15) is 9.59 Å². The minimum atomic E-state index is -0.499. The van der Waals surface area contributed by atoms with Crippen molar-refractivity contribution >= 4 is 33.7 Å². The Kier molecular flexibility index (Phi) is 3.32. The number of nitrogens with zero attached hydrogens (tertiary/aromatic N) is 1. The van der Waals surface area contributed by atoms with E-state index in [1.54, 1.807) is 24.3 Å². The van der Waals surface area contributed by atoms with Crippen molar-refractivity contribution in [3.8, 4) is 0 Å². The third-order valence-corrected chi connectivity index (χ3v) is 4.18. The SMILES string of the molecule is Cc1ccc2c(Cn3c(=O)oc4cc(Cl)ccc43)cc(=O)oc2c1. The molecular formula is C18H12ClNO4. The summed E-state index contributed by atoms with van der Waals surface area (Å²) in [7, 11) is 0. The van der Waals surface area contributed by atoms with Crippen LogP contribution in [0.3, 0.4) is 0 Å². The molecule has 6 heteroatoms. The van der Waals surface area contributed by atoms with Gasteiger partial charge in [-0.2, -0.15) is 0 Å². The Balaban J connectivity index is 1.93. The highest BCUT2D eigenvalue weighted by Crippen LogP contribution is 2.22. The van der Waals surface area contributed by atoms with Gasteiger partial charge in [0.05, 0.1) is 12.1 Å². The van der Waals surface area contributed by atoms with Crippen molar-refractivity contribution in [1.29, 1.82) is 0 Å². The molecule has 0 unspecified atom stereocenters. The number of benzene rings is 2. The number of aromatic nitrogens is 1. The van der Waals surface area contributed by atoms with Crippen molar-refractivity contribution in [3.63, 3.8) is 0 Å². The quantitative estimate of drug-likeness (QED) is 0.521. The molecule has 0 aliphatic carbocycles. The Labute approximate surface area is 140 Å². The van der Waals surface area contributed by atoms with Crippen molar-refractivity contribution in [2.75, 3.05) is 0 Å². The number of fused-ring (bicyclic) bond motifs is 2. The summed E-state index contributed by atoms with van der Waals surface area (Å²) in [5.41, 5.74) is 2.77. The summed E-state index contributed by atoms with van der Waals surface area (Å²) < 4.78 is 12.0. The van der Waals surface area contributed by atoms with Crippen LogP contribution in [0.1, 0.15) is 11.1 Å². The number of aryl methyl sites for hydroxylation is 1. The van der Waals surface area contributed by atoms with Crippen molar-refractivity contribution in [1.82, 2.24) is 4.57 Å². The zero-order chi connectivity index (χ0) is 16.8. The van der Waals surface area contributed by atoms with E-state index in [4.69, 9.17) is 20.4 Å². The van der Waals surface area contributed by atoms with Crippen LogP contribution in [0.4, 0.5) is 0 Å². The molecule has 0 N–H and O–H groups in total. The number of oxazole rings is 1. The standard InChI is InChI=1S/C18H12ClNO4/c1-10-2-4-13-11(7-17(21)23-15(13)6-10)9-20-14-5-3-12(19)8-16(14)24-18(20)22/h2-8H,9H2,1H3. The average Bonchev–Trinajstić information content (AvgIpc) is 2.81. The van der Waals surface area contributed by atoms with E-state index in [1.807, 2.05) is 19.1 Å². The Bertz CT molecular complexity index is 1200. The Morgan fingerprint density at radius 1 is 1.00 bits per heavy atom. The molecule has 2 heterocycles. The second-order valence-corrected chi connectivity index (χ2v) is 6.09. The van der Waals surface area contributed by atoms with E-state index in [0.29, 0.717) is 27.3 Å². The summed E-state index contributed by atoms with van der Waals surface area (Å²) >= 11 is 5.93. The Hall–Kier alpha value is -2.79. The molecule has 4 rings (SSSR count). The monoisotopic (exact) mass is 341 g/mol. The van der Waals surface area contributed by atoms with Gasteiger partial charge in [-0.3, -0.25) is 4.57 Å². The molecule has 0 bridgehead atoms. The highest BCUT2D eigenvalue weighted by Gasteiger charge is 2.13. The van der Waals surface area contributed by atoms with Crippen LogP contribution >= 0.6 is 11.6 Å². The van der Waals surface area contributed by atoms with Gasteiger partial charge >= 0.3 is 11.4 Å². The van der Waals surface area contributed by atoms with Crippen LogP contribution in [-0.2, 0) is 6.54 Å². The molecule has 120 valence electrons. The Morgan fingerprint density at radius 3 is 2.67 bits per heavy atom. The molecule has 24 heavy (non-hydrogen) atoms. The molecule has 5 nitrogen and oxygen atoms in total. The van der Waals surface area contributed by atoms with E-state index in [-0.39, 0.29) is 6.54 Å². The number of rotatable bonds is 2. The maximum atomic E-state index is 12.2. The largest absolute Gasteiger partial charge is 0.423 e. The molecule has 0 aliphatic rings. The summed E-state index contributed by atoms with van der Waals surface area (Å²) in [4.78, 5) is 24.0. The topological polar surface area (TPSA) is 65.3 Å². The maximum absolute atomic E-state index is 12.2. The first-order chi connectivity index (χ1) is 11.5. The molecule has 0 radical (unpaired) electrons. The number of hydrogen-bond donors (Lipinski definition) is 0. The lowest BCUT2D eigenvalue weighted by molar-refractivity contribution is 0.516. The van der Waals surface area contributed by atoms with Gasteiger partial charge < -0.3 is 8.83 Å². The highest BCUT2D eigenvalue weighted by molar-refractivity contribution is 6.31. The van der Waals surface area contributed by atoms with Gasteiger partial charge in [0.15, 0.2) is 5.58 Å². The smallest absolute Gasteiger partial charge is 0.420 e. The normalized spacial score (nSPS) is 11.4. The average molecular weight is 342 g/mol. The van der Waals surface area contributed by atoms with Crippen molar-refractivity contribution in [2.24, 2.45) is 0 Å². The molecule has 0 amide bonds. The molecular weight excluding hydrogens is 330 g/mol. The third-order valence-electron chi connectivity index (χ3n) is 3.94. The molecule has 0 aliphatic heterocycles. The van der Waals surface area contributed by atoms with E-state index >= 15 is 0 Å². The lowest BCUT2D eigenvalue weighted by Crippen LogP contribution is -2.16. The minimum Gasteiger partial charge on any atom is -0.423 e. The van der Waals surface area contributed by atoms with Gasteiger partial charge in [-0.05, 0) is 36.2 Å². The second kappa shape index (κ2) is 5.39. The van der Waals surface area contributed by atoms with Crippen LogP contribution in [0.25, 0.3) is 22.1 Å². The van der Waals surface area contributed by atoms with Gasteiger partial charge in [0.1, 0.15) is 5.58 Å². The van der Waals surface area contributed by atoms with Crippen LogP contribution in [0.15, 0.2) is 60.9 Å². The fourth-order valence-corrected chi connectivity index (χ4v) is 2.99. The molecule has 2 aromatic carbocycles. The van der Waals surface area contributed by atoms with Crippen molar-refractivity contribution in [3.05, 3.63) is 79.6 Å². The van der Waals surface area contributed by atoms with Crippen LogP contribution in [0.5, 0.6) is 0 Å². The van der Waals surface area contributed by atoms with Crippen molar-refractivity contribution in [2.45, 2.75) is 13.5 Å². The van der Waals surface area contributed by atoms with E-state index in [2.05, 4.69) is 0 Å². The van der Waals surface area contributed by atoms with Gasteiger partial charge in [0.2, 0.25) is 0 Å². The molecule has 0 spiro atoms. The van der Waals surface area contributed by atoms with Gasteiger partial charge in [0.25, 0.3) is 0 Å². The lowest BCUT2D eigenvalue weighted by atomic mass is 10.1. The first-order valence-corrected chi connectivity index (χ1v) is 7.71. The lowest BCUT2D eigenvalue weighted by Gasteiger charge is -2.07. The van der Waals surface area contributed by atoms with Crippen LogP contribution in [0, 0.1) is 6.92 Å². The fourth-order valence-electron chi connectivity index (χ4n) is 2.83. The zero-order valence-corrected chi connectivity index (χ0v) is 13.5. The summed E-state index contributed by atoms with van der Waals surface area (Å²) in [5.74, 6) is -0.499. The summed E-state index contributed by atoms with van der Waals surface area (Å²) in [6.07, 6.45) is 0. The summed E-state index contributed by atoms with van der Waals surface area (Å²) in [6.45, 7) is 2.13. The number of hydrogen-bond acceptors (Lipinski definition) is 4. The fraction of sp³-hybridized carbons (Fsp3) is 0.111. The molecule has 0 saturated heterocycles. The summed E-state index contributed by atoms with van der Waals surface area (Å²) in [5, 5.41) is 1.28. The molecule has 4 aromatic rings. The Morgan fingerprint density at radius 2 is 1.83 bits per heavy atom. The van der Waals surface area contributed by atoms with E-state index in [0.717, 1.165) is 10.9 Å². The van der Waals surface area contributed by atoms with Gasteiger partial charge in [-0.25, -0.2) is 9.59 Å².